The molecule has 3 atom stereocenters. The summed E-state index contributed by atoms with van der Waals surface area (Å²) in [4.78, 5) is 49.8. The molecule has 0 bridgehead atoms. The standard InChI is InChI=1S/C39H42F2N6O6/c1-26(27(2)48)47-37(50)46(36(49)38(47,3)4)31-8-6-29(7-9-31)44-17-19-45(20-18-44)30-10-12-32(13-11-30)51-22-33-23-52-39(53-33,24-43-16-15-42-25-43)34-14-5-28(40)21-35(34)41/h5-16,21,25-26,33H,17-20,22-24H2,1-4H3. The van der Waals surface area contributed by atoms with Crippen LogP contribution in [-0.2, 0) is 31.4 Å². The summed E-state index contributed by atoms with van der Waals surface area (Å²) in [7, 11) is 0. The van der Waals surface area contributed by atoms with Crippen LogP contribution in [-0.4, -0.2) is 89.3 Å². The van der Waals surface area contributed by atoms with E-state index in [1.54, 1.807) is 56.2 Å². The van der Waals surface area contributed by atoms with Crippen molar-refractivity contribution in [3.8, 4) is 5.75 Å². The van der Waals surface area contributed by atoms with E-state index in [0.717, 1.165) is 48.5 Å². The number of anilines is 3. The second-order valence-corrected chi connectivity index (χ2v) is 14.1. The molecular weight excluding hydrogens is 686 g/mol. The average molecular weight is 729 g/mol. The van der Waals surface area contributed by atoms with E-state index in [1.807, 2.05) is 36.4 Å². The van der Waals surface area contributed by atoms with Crippen molar-refractivity contribution < 1.29 is 37.4 Å². The van der Waals surface area contributed by atoms with Crippen LogP contribution in [0.15, 0.2) is 85.5 Å². The fourth-order valence-corrected chi connectivity index (χ4v) is 7.22. The van der Waals surface area contributed by atoms with Crippen molar-refractivity contribution in [2.24, 2.45) is 0 Å². The molecule has 0 saturated carbocycles. The van der Waals surface area contributed by atoms with E-state index in [1.165, 1.54) is 24.0 Å². The number of carbonyl (C=O) groups is 3. The molecule has 0 spiro atoms. The van der Waals surface area contributed by atoms with E-state index >= 15 is 0 Å². The molecule has 0 radical (unpaired) electrons. The Kier molecular flexibility index (Phi) is 9.68. The van der Waals surface area contributed by atoms with Gasteiger partial charge in [-0.3, -0.25) is 9.59 Å². The zero-order valence-corrected chi connectivity index (χ0v) is 30.1. The average Bonchev–Trinajstić information content (AvgIpc) is 3.85. The lowest BCUT2D eigenvalue weighted by atomic mass is 10.0. The lowest BCUT2D eigenvalue weighted by molar-refractivity contribution is -0.191. The first-order valence-corrected chi connectivity index (χ1v) is 17.6. The van der Waals surface area contributed by atoms with Crippen molar-refractivity contribution >= 4 is 34.8 Å². The normalized spacial score (nSPS) is 22.1. The van der Waals surface area contributed by atoms with E-state index in [-0.39, 0.29) is 37.0 Å². The highest BCUT2D eigenvalue weighted by molar-refractivity contribution is 6.23. The number of hydrogen-bond acceptors (Lipinski definition) is 9. The molecule has 12 nitrogen and oxygen atoms in total. The number of imide groups is 1. The number of amides is 3. The molecule has 3 unspecified atom stereocenters. The summed E-state index contributed by atoms with van der Waals surface area (Å²) in [5.74, 6) is -2.81. The minimum Gasteiger partial charge on any atom is -0.491 e. The number of aromatic nitrogens is 2. The number of carbonyl (C=O) groups excluding carboxylic acids is 3. The Morgan fingerprint density at radius 1 is 0.943 bits per heavy atom. The first-order valence-electron chi connectivity index (χ1n) is 17.6. The number of piperazine rings is 1. The second kappa shape index (κ2) is 14.2. The Bertz CT molecular complexity index is 1970. The number of halogens is 2. The Morgan fingerprint density at radius 3 is 2.15 bits per heavy atom. The van der Waals surface area contributed by atoms with Crippen LogP contribution < -0.4 is 19.4 Å². The summed E-state index contributed by atoms with van der Waals surface area (Å²) >= 11 is 0. The predicted octanol–water partition coefficient (Wildman–Crippen LogP) is 5.36. The Balaban J connectivity index is 0.927. The maximum absolute atomic E-state index is 14.9. The number of rotatable bonds is 11. The molecule has 3 aliphatic heterocycles. The number of ketones is 1. The van der Waals surface area contributed by atoms with Gasteiger partial charge in [0.15, 0.2) is 5.78 Å². The molecule has 3 fully saturated rings. The third-order valence-corrected chi connectivity index (χ3v) is 10.2. The fraction of sp³-hybridized carbons (Fsp3) is 0.385. The number of ether oxygens (including phenoxy) is 3. The summed E-state index contributed by atoms with van der Waals surface area (Å²) in [6.07, 6.45) is 4.40. The SMILES string of the molecule is CC(=O)C(C)N1C(=O)N(c2ccc(N3CCN(c4ccc(OCC5COC(Cn6ccnc6)(c6ccc(F)cc6F)O5)cc4)CC3)cc2)C(=O)C1(C)C. The molecule has 3 saturated heterocycles. The van der Waals surface area contributed by atoms with Gasteiger partial charge in [-0.1, -0.05) is 0 Å². The van der Waals surface area contributed by atoms with Crippen LogP contribution >= 0.6 is 0 Å². The molecule has 3 aromatic carbocycles. The summed E-state index contributed by atoms with van der Waals surface area (Å²) in [6, 6.07) is 17.3. The largest absolute Gasteiger partial charge is 0.491 e. The Hall–Kier alpha value is -5.34. The smallest absolute Gasteiger partial charge is 0.332 e. The minimum atomic E-state index is -1.47. The molecule has 0 N–H and O–H groups in total. The number of imidazole rings is 1. The van der Waals surface area contributed by atoms with Crippen LogP contribution in [0.5, 0.6) is 5.75 Å². The molecule has 278 valence electrons. The topological polar surface area (TPSA) is 110 Å². The quantitative estimate of drug-likeness (QED) is 0.189. The van der Waals surface area contributed by atoms with Crippen molar-refractivity contribution in [2.45, 2.75) is 57.7 Å². The molecule has 14 heteroatoms. The van der Waals surface area contributed by atoms with Gasteiger partial charge in [-0.05, 0) is 88.4 Å². The molecule has 4 aromatic rings. The lowest BCUT2D eigenvalue weighted by Gasteiger charge is -2.37. The number of Topliss-reactive ketones (excluding diaryl/α,β-unsaturated/α-hetero) is 1. The maximum Gasteiger partial charge on any atom is 0.332 e. The van der Waals surface area contributed by atoms with Crippen LogP contribution in [0.25, 0.3) is 0 Å². The number of benzene rings is 3. The zero-order chi connectivity index (χ0) is 37.5. The Labute approximate surface area is 306 Å². The van der Waals surface area contributed by atoms with Gasteiger partial charge in [-0.2, -0.15) is 0 Å². The van der Waals surface area contributed by atoms with Crippen LogP contribution in [0.4, 0.5) is 30.6 Å². The van der Waals surface area contributed by atoms with Crippen molar-refractivity contribution in [1.29, 1.82) is 0 Å². The van der Waals surface area contributed by atoms with Gasteiger partial charge >= 0.3 is 6.03 Å². The summed E-state index contributed by atoms with van der Waals surface area (Å²) in [5, 5.41) is 0. The van der Waals surface area contributed by atoms with Crippen molar-refractivity contribution in [3.63, 3.8) is 0 Å². The number of hydrogen-bond donors (Lipinski definition) is 0. The summed E-state index contributed by atoms with van der Waals surface area (Å²) < 4.78 is 48.7. The van der Waals surface area contributed by atoms with Gasteiger partial charge in [0.05, 0.1) is 31.2 Å². The van der Waals surface area contributed by atoms with Gasteiger partial charge in [-0.25, -0.2) is 23.5 Å². The number of urea groups is 1. The first-order chi connectivity index (χ1) is 25.4. The van der Waals surface area contributed by atoms with E-state index in [4.69, 9.17) is 14.2 Å². The molecule has 3 aliphatic rings. The van der Waals surface area contributed by atoms with Crippen LogP contribution in [0.1, 0.15) is 33.3 Å². The van der Waals surface area contributed by atoms with E-state index in [9.17, 15) is 23.2 Å². The lowest BCUT2D eigenvalue weighted by Crippen LogP contribution is -2.51. The Morgan fingerprint density at radius 2 is 1.57 bits per heavy atom. The molecule has 0 aliphatic carbocycles. The molecular formula is C39H42F2N6O6. The second-order valence-electron chi connectivity index (χ2n) is 14.1. The number of nitrogens with zero attached hydrogens (tertiary/aromatic N) is 6. The predicted molar refractivity (Wildman–Crippen MR) is 193 cm³/mol. The highest BCUT2D eigenvalue weighted by Crippen LogP contribution is 2.38. The van der Waals surface area contributed by atoms with E-state index in [2.05, 4.69) is 14.8 Å². The van der Waals surface area contributed by atoms with Crippen LogP contribution in [0, 0.1) is 11.6 Å². The van der Waals surface area contributed by atoms with E-state index in [0.29, 0.717) is 11.4 Å². The van der Waals surface area contributed by atoms with Crippen LogP contribution in [0.2, 0.25) is 0 Å². The van der Waals surface area contributed by atoms with Crippen molar-refractivity contribution in [1.82, 2.24) is 14.5 Å². The summed E-state index contributed by atoms with van der Waals surface area (Å²) in [5.41, 5.74) is 1.47. The molecule has 53 heavy (non-hydrogen) atoms. The van der Waals surface area contributed by atoms with Gasteiger partial charge in [0.2, 0.25) is 5.79 Å². The van der Waals surface area contributed by atoms with Gasteiger partial charge in [0.1, 0.15) is 35.6 Å². The highest BCUT2D eigenvalue weighted by Gasteiger charge is 2.54. The third kappa shape index (κ3) is 6.96. The monoisotopic (exact) mass is 728 g/mol. The molecule has 3 amide bonds. The minimum absolute atomic E-state index is 0.101. The van der Waals surface area contributed by atoms with Gasteiger partial charge in [0.25, 0.3) is 5.91 Å². The van der Waals surface area contributed by atoms with Gasteiger partial charge in [-0.15, -0.1) is 0 Å². The van der Waals surface area contributed by atoms with E-state index < -0.39 is 41.1 Å². The third-order valence-electron chi connectivity index (χ3n) is 10.2. The maximum atomic E-state index is 14.9. The van der Waals surface area contributed by atoms with Crippen molar-refractivity contribution in [3.05, 3.63) is 103 Å². The summed E-state index contributed by atoms with van der Waals surface area (Å²) in [6.45, 7) is 9.94. The highest BCUT2D eigenvalue weighted by atomic mass is 19.1. The van der Waals surface area contributed by atoms with Crippen LogP contribution in [0.3, 0.4) is 0 Å². The molecule has 4 heterocycles. The van der Waals surface area contributed by atoms with Gasteiger partial charge < -0.3 is 33.5 Å². The first kappa shape index (κ1) is 36.0. The van der Waals surface area contributed by atoms with Gasteiger partial charge in [0, 0.05) is 61.6 Å². The molecule has 1 aromatic heterocycles. The van der Waals surface area contributed by atoms with Crippen molar-refractivity contribution in [2.75, 3.05) is 54.1 Å². The molecule has 7 rings (SSSR count). The fourth-order valence-electron chi connectivity index (χ4n) is 7.22. The zero-order valence-electron chi connectivity index (χ0n) is 30.1.